The molecule has 136 valence electrons. The van der Waals surface area contributed by atoms with Gasteiger partial charge >= 0.3 is 0 Å². The summed E-state index contributed by atoms with van der Waals surface area (Å²) in [7, 11) is 1.47. The Hall–Kier alpha value is -2.94. The van der Waals surface area contributed by atoms with Crippen LogP contribution in [0.2, 0.25) is 0 Å². The summed E-state index contributed by atoms with van der Waals surface area (Å²) in [5.41, 5.74) is 0.591. The minimum atomic E-state index is -0.454. The van der Waals surface area contributed by atoms with E-state index in [0.717, 1.165) is 32.0 Å². The van der Waals surface area contributed by atoms with Crippen molar-refractivity contribution in [2.45, 2.75) is 0 Å². The van der Waals surface area contributed by atoms with Gasteiger partial charge in [0.2, 0.25) is 0 Å². The number of aromatic nitrogens is 1. The number of non-ortho nitro benzene ring substituents is 1. The number of nitrogens with zero attached hydrogens (tertiary/aromatic N) is 3. The first kappa shape index (κ1) is 17.9. The molecule has 26 heavy (non-hydrogen) atoms. The molecule has 2 aromatic rings. The molecule has 1 aliphatic heterocycles. The van der Waals surface area contributed by atoms with E-state index < -0.39 is 4.92 Å². The average molecular weight is 374 g/mol. The number of ether oxygens (including phenoxy) is 1. The standard InChI is InChI=1S/C17H19N5O3S/c1-25-15-12-13(22(23)24)5-6-14(15)19-17(26)21-10-8-20(9-11-21)16-4-2-3-7-18-16/h2-7,12H,8-11H2,1H3,(H,19,26)/p+1. The number of thiocarbonyl (C=S) groups is 1. The van der Waals surface area contributed by atoms with Gasteiger partial charge in [-0.1, -0.05) is 6.07 Å². The molecule has 0 amide bonds. The van der Waals surface area contributed by atoms with Crippen molar-refractivity contribution in [3.05, 3.63) is 52.7 Å². The number of H-pyrrole nitrogens is 1. The van der Waals surface area contributed by atoms with E-state index in [9.17, 15) is 10.1 Å². The third kappa shape index (κ3) is 3.99. The fourth-order valence-electron chi connectivity index (χ4n) is 2.82. The first-order valence-corrected chi connectivity index (χ1v) is 8.59. The molecule has 1 aromatic carbocycles. The van der Waals surface area contributed by atoms with Gasteiger partial charge in [0.1, 0.15) is 18.8 Å². The van der Waals surface area contributed by atoms with Crippen molar-refractivity contribution in [1.82, 2.24) is 4.90 Å². The average Bonchev–Trinajstić information content (AvgIpc) is 2.69. The highest BCUT2D eigenvalue weighted by Gasteiger charge is 2.25. The van der Waals surface area contributed by atoms with Crippen LogP contribution in [0.25, 0.3) is 0 Å². The quantitative estimate of drug-likeness (QED) is 0.497. The van der Waals surface area contributed by atoms with Crippen LogP contribution < -0.4 is 19.9 Å². The lowest BCUT2D eigenvalue weighted by molar-refractivity contribution is -0.384. The second-order valence-corrected chi connectivity index (χ2v) is 6.18. The molecular weight excluding hydrogens is 354 g/mol. The number of benzene rings is 1. The van der Waals surface area contributed by atoms with E-state index in [4.69, 9.17) is 17.0 Å². The summed E-state index contributed by atoms with van der Waals surface area (Å²) in [6.45, 7) is 3.26. The Morgan fingerprint density at radius 3 is 2.65 bits per heavy atom. The van der Waals surface area contributed by atoms with Crippen molar-refractivity contribution in [3.63, 3.8) is 0 Å². The van der Waals surface area contributed by atoms with Crippen LogP contribution in [0.1, 0.15) is 0 Å². The topological polar surface area (TPSA) is 85.0 Å². The van der Waals surface area contributed by atoms with Crippen molar-refractivity contribution in [2.75, 3.05) is 43.5 Å². The minimum Gasteiger partial charge on any atom is -0.494 e. The SMILES string of the molecule is COc1cc([N+](=O)[O-])ccc1NC(=S)N1CCN(c2cccc[nH+]2)CC1. The summed E-state index contributed by atoms with van der Waals surface area (Å²) < 4.78 is 5.24. The monoisotopic (exact) mass is 374 g/mol. The maximum Gasteiger partial charge on any atom is 0.274 e. The smallest absolute Gasteiger partial charge is 0.274 e. The number of anilines is 2. The number of hydrogen-bond acceptors (Lipinski definition) is 5. The molecular formula is C17H20N5O3S+. The van der Waals surface area contributed by atoms with Gasteiger partial charge in [-0.15, -0.1) is 0 Å². The number of rotatable bonds is 4. The Labute approximate surface area is 156 Å². The van der Waals surface area contributed by atoms with E-state index in [1.807, 2.05) is 24.4 Å². The van der Waals surface area contributed by atoms with Gasteiger partial charge in [0.15, 0.2) is 5.11 Å². The van der Waals surface area contributed by atoms with Crippen LogP contribution in [-0.2, 0) is 0 Å². The summed E-state index contributed by atoms with van der Waals surface area (Å²) in [6, 6.07) is 10.4. The summed E-state index contributed by atoms with van der Waals surface area (Å²) in [6.07, 6.45) is 1.91. The predicted octanol–water partition coefficient (Wildman–Crippen LogP) is 1.94. The molecule has 0 unspecified atom stereocenters. The molecule has 0 radical (unpaired) electrons. The van der Waals surface area contributed by atoms with Crippen molar-refractivity contribution in [2.24, 2.45) is 0 Å². The van der Waals surface area contributed by atoms with Crippen LogP contribution >= 0.6 is 12.2 Å². The molecule has 9 heteroatoms. The van der Waals surface area contributed by atoms with Crippen molar-refractivity contribution < 1.29 is 14.6 Å². The van der Waals surface area contributed by atoms with Crippen LogP contribution in [0.4, 0.5) is 17.2 Å². The predicted molar refractivity (Wildman–Crippen MR) is 103 cm³/mol. The van der Waals surface area contributed by atoms with Gasteiger partial charge in [-0.3, -0.25) is 15.0 Å². The molecule has 1 fully saturated rings. The van der Waals surface area contributed by atoms with Gasteiger partial charge < -0.3 is 15.0 Å². The van der Waals surface area contributed by atoms with Crippen molar-refractivity contribution in [3.8, 4) is 5.75 Å². The lowest BCUT2D eigenvalue weighted by Crippen LogP contribution is -2.51. The lowest BCUT2D eigenvalue weighted by Gasteiger charge is -2.32. The zero-order chi connectivity index (χ0) is 18.5. The summed E-state index contributed by atoms with van der Waals surface area (Å²) in [5, 5.41) is 14.6. The fraction of sp³-hybridized carbons (Fsp3) is 0.294. The molecule has 0 saturated carbocycles. The maximum absolute atomic E-state index is 10.9. The maximum atomic E-state index is 10.9. The normalized spacial score (nSPS) is 14.0. The Kier molecular flexibility index (Phi) is 5.47. The second-order valence-electron chi connectivity index (χ2n) is 5.79. The summed E-state index contributed by atoms with van der Waals surface area (Å²) >= 11 is 5.50. The fourth-order valence-corrected chi connectivity index (χ4v) is 3.11. The zero-order valence-electron chi connectivity index (χ0n) is 14.3. The highest BCUT2D eigenvalue weighted by molar-refractivity contribution is 7.80. The van der Waals surface area contributed by atoms with Gasteiger partial charge in [0.25, 0.3) is 11.5 Å². The Morgan fingerprint density at radius 1 is 1.27 bits per heavy atom. The van der Waals surface area contributed by atoms with Crippen LogP contribution in [0.3, 0.4) is 0 Å². The highest BCUT2D eigenvalue weighted by Crippen LogP contribution is 2.29. The number of piperazine rings is 1. The van der Waals surface area contributed by atoms with E-state index in [-0.39, 0.29) is 5.69 Å². The number of nitrogens with one attached hydrogen (secondary N) is 2. The van der Waals surface area contributed by atoms with Gasteiger partial charge in [-0.05, 0) is 24.4 Å². The first-order valence-electron chi connectivity index (χ1n) is 8.18. The number of hydrogen-bond donors (Lipinski definition) is 1. The number of nitro benzene ring substituents is 1. The van der Waals surface area contributed by atoms with Crippen LogP contribution in [0.15, 0.2) is 42.6 Å². The van der Waals surface area contributed by atoms with Crippen molar-refractivity contribution in [1.29, 1.82) is 0 Å². The number of nitro groups is 1. The number of pyridine rings is 1. The first-order chi connectivity index (χ1) is 12.6. The van der Waals surface area contributed by atoms with Crippen molar-refractivity contribution >= 4 is 34.5 Å². The van der Waals surface area contributed by atoms with Gasteiger partial charge in [-0.2, -0.15) is 0 Å². The van der Waals surface area contributed by atoms with Crippen LogP contribution in [0, 0.1) is 10.1 Å². The van der Waals surface area contributed by atoms with E-state index in [1.54, 1.807) is 6.07 Å². The zero-order valence-corrected chi connectivity index (χ0v) is 15.2. The number of aromatic amines is 1. The third-order valence-corrected chi connectivity index (χ3v) is 4.60. The molecule has 2 heterocycles. The molecule has 3 rings (SSSR count). The third-order valence-electron chi connectivity index (χ3n) is 4.24. The largest absolute Gasteiger partial charge is 0.494 e. The molecule has 1 aromatic heterocycles. The molecule has 0 bridgehead atoms. The Balaban J connectivity index is 1.62. The molecule has 0 aliphatic carbocycles. The van der Waals surface area contributed by atoms with Gasteiger partial charge in [0.05, 0.1) is 43.1 Å². The Bertz CT molecular complexity index is 794. The van der Waals surface area contributed by atoms with Gasteiger partial charge in [0, 0.05) is 12.1 Å². The summed E-state index contributed by atoms with van der Waals surface area (Å²) in [5.74, 6) is 1.47. The van der Waals surface area contributed by atoms with Gasteiger partial charge in [-0.25, -0.2) is 4.98 Å². The molecule has 0 atom stereocenters. The van der Waals surface area contributed by atoms with E-state index in [2.05, 4.69) is 20.1 Å². The van der Waals surface area contributed by atoms with E-state index in [0.29, 0.717) is 16.5 Å². The second kappa shape index (κ2) is 7.96. The molecule has 2 N–H and O–H groups in total. The van der Waals surface area contributed by atoms with Crippen LogP contribution in [0.5, 0.6) is 5.75 Å². The Morgan fingerprint density at radius 2 is 2.04 bits per heavy atom. The lowest BCUT2D eigenvalue weighted by atomic mass is 10.2. The van der Waals surface area contributed by atoms with Crippen LogP contribution in [-0.4, -0.2) is 48.2 Å². The minimum absolute atomic E-state index is 0.0222. The van der Waals surface area contributed by atoms with E-state index >= 15 is 0 Å². The molecule has 8 nitrogen and oxygen atoms in total. The molecule has 0 spiro atoms. The van der Waals surface area contributed by atoms with E-state index in [1.165, 1.54) is 19.2 Å². The number of methoxy groups -OCH3 is 1. The molecule has 1 aliphatic rings. The highest BCUT2D eigenvalue weighted by atomic mass is 32.1. The molecule has 1 saturated heterocycles. The summed E-state index contributed by atoms with van der Waals surface area (Å²) in [4.78, 5) is 18.0.